The maximum absolute atomic E-state index is 9.86. The predicted molar refractivity (Wildman–Crippen MR) is 59.7 cm³/mol. The van der Waals surface area contributed by atoms with Crippen LogP contribution in [-0.4, -0.2) is 31.4 Å². The van der Waals surface area contributed by atoms with Crippen molar-refractivity contribution in [3.63, 3.8) is 0 Å². The molecule has 16 heavy (non-hydrogen) atoms. The van der Waals surface area contributed by atoms with E-state index in [2.05, 4.69) is 15.4 Å². The number of rotatable bonds is 5. The Bertz CT molecular complexity index is 320. The summed E-state index contributed by atoms with van der Waals surface area (Å²) in [5.41, 5.74) is 0. The molecule has 1 fully saturated rings. The van der Waals surface area contributed by atoms with Crippen LogP contribution in [0.2, 0.25) is 0 Å². The quantitative estimate of drug-likeness (QED) is 0.813. The number of aliphatic hydroxyl groups is 1. The maximum atomic E-state index is 9.86. The third kappa shape index (κ3) is 3.27. The van der Waals surface area contributed by atoms with Crippen LogP contribution in [0.4, 0.5) is 0 Å². The van der Waals surface area contributed by atoms with Gasteiger partial charge in [0, 0.05) is 6.42 Å². The fraction of sp³-hybridized carbons (Fsp3) is 0.909. The smallest absolute Gasteiger partial charge is 0.177 e. The summed E-state index contributed by atoms with van der Waals surface area (Å²) < 4.78 is 0. The highest BCUT2D eigenvalue weighted by Crippen LogP contribution is 2.29. The van der Waals surface area contributed by atoms with Crippen molar-refractivity contribution in [2.24, 2.45) is 13.0 Å². The van der Waals surface area contributed by atoms with E-state index in [1.54, 1.807) is 7.05 Å². The molecule has 90 valence electrons. The molecule has 1 N–H and O–H groups in total. The van der Waals surface area contributed by atoms with E-state index in [1.807, 2.05) is 0 Å². The molecule has 1 atom stereocenters. The van der Waals surface area contributed by atoms with Crippen molar-refractivity contribution < 1.29 is 5.11 Å². The molecule has 0 spiro atoms. The second-order valence-electron chi connectivity index (χ2n) is 4.78. The molecule has 1 heterocycles. The largest absolute Gasteiger partial charge is 0.393 e. The van der Waals surface area contributed by atoms with E-state index >= 15 is 0 Å². The van der Waals surface area contributed by atoms with Crippen LogP contribution < -0.4 is 0 Å². The van der Waals surface area contributed by atoms with Crippen LogP contribution in [0.5, 0.6) is 0 Å². The van der Waals surface area contributed by atoms with E-state index in [1.165, 1.54) is 30.5 Å². The summed E-state index contributed by atoms with van der Waals surface area (Å²) in [6.07, 6.45) is 7.64. The molecule has 0 aromatic carbocycles. The number of aryl methyl sites for hydroxylation is 1. The average molecular weight is 224 g/mol. The summed E-state index contributed by atoms with van der Waals surface area (Å²) >= 11 is 0. The van der Waals surface area contributed by atoms with Crippen molar-refractivity contribution in [2.75, 3.05) is 0 Å². The topological polar surface area (TPSA) is 63.8 Å². The summed E-state index contributed by atoms with van der Waals surface area (Å²) in [6, 6.07) is 0. The molecule has 0 aliphatic heterocycles. The third-order valence-electron chi connectivity index (χ3n) is 3.35. The van der Waals surface area contributed by atoms with Crippen LogP contribution in [-0.2, 0) is 13.5 Å². The molecule has 1 unspecified atom stereocenters. The maximum Gasteiger partial charge on any atom is 0.177 e. The van der Waals surface area contributed by atoms with Gasteiger partial charge in [-0.1, -0.05) is 25.7 Å². The van der Waals surface area contributed by atoms with Gasteiger partial charge in [-0.15, -0.1) is 10.2 Å². The zero-order valence-corrected chi connectivity index (χ0v) is 9.84. The number of tetrazole rings is 1. The molecule has 5 nitrogen and oxygen atoms in total. The standard InChI is InChI=1S/C11H20N4O/c1-15-13-11(12-14-15)8-10(16)7-6-9-4-2-3-5-9/h9-10,16H,2-8H2,1H3. The highest BCUT2D eigenvalue weighted by molar-refractivity contribution is 4.81. The third-order valence-corrected chi connectivity index (χ3v) is 3.35. The summed E-state index contributed by atoms with van der Waals surface area (Å²) in [5, 5.41) is 21.5. The van der Waals surface area contributed by atoms with Crippen LogP contribution in [0.3, 0.4) is 0 Å². The molecule has 2 rings (SSSR count). The van der Waals surface area contributed by atoms with Gasteiger partial charge >= 0.3 is 0 Å². The van der Waals surface area contributed by atoms with E-state index in [9.17, 15) is 5.11 Å². The van der Waals surface area contributed by atoms with Gasteiger partial charge in [0.15, 0.2) is 5.82 Å². The summed E-state index contributed by atoms with van der Waals surface area (Å²) in [7, 11) is 1.74. The van der Waals surface area contributed by atoms with E-state index < -0.39 is 0 Å². The average Bonchev–Trinajstić information content (AvgIpc) is 2.87. The Balaban J connectivity index is 1.69. The monoisotopic (exact) mass is 224 g/mol. The lowest BCUT2D eigenvalue weighted by molar-refractivity contribution is 0.152. The number of hydrogen-bond donors (Lipinski definition) is 1. The van der Waals surface area contributed by atoms with Crippen molar-refractivity contribution in [2.45, 2.75) is 51.0 Å². The van der Waals surface area contributed by atoms with Gasteiger partial charge in [0.1, 0.15) is 0 Å². The summed E-state index contributed by atoms with van der Waals surface area (Å²) in [4.78, 5) is 1.43. The highest BCUT2D eigenvalue weighted by Gasteiger charge is 2.17. The molecule has 1 aromatic heterocycles. The molecule has 0 radical (unpaired) electrons. The van der Waals surface area contributed by atoms with E-state index in [0.717, 1.165) is 18.8 Å². The first kappa shape index (κ1) is 11.5. The molecule has 0 amide bonds. The Morgan fingerprint density at radius 3 is 2.81 bits per heavy atom. The Hall–Kier alpha value is -0.970. The van der Waals surface area contributed by atoms with Gasteiger partial charge in [-0.05, 0) is 24.0 Å². The second-order valence-corrected chi connectivity index (χ2v) is 4.78. The number of nitrogens with zero attached hydrogens (tertiary/aromatic N) is 4. The molecule has 0 bridgehead atoms. The zero-order chi connectivity index (χ0) is 11.4. The first-order valence-corrected chi connectivity index (χ1v) is 6.15. The summed E-state index contributed by atoms with van der Waals surface area (Å²) in [5.74, 6) is 1.48. The Morgan fingerprint density at radius 2 is 2.19 bits per heavy atom. The Morgan fingerprint density at radius 1 is 1.44 bits per heavy atom. The van der Waals surface area contributed by atoms with E-state index in [-0.39, 0.29) is 6.10 Å². The fourth-order valence-corrected chi connectivity index (χ4v) is 2.44. The van der Waals surface area contributed by atoms with Gasteiger partial charge in [0.05, 0.1) is 13.2 Å². The summed E-state index contributed by atoms with van der Waals surface area (Å²) in [6.45, 7) is 0. The van der Waals surface area contributed by atoms with Crippen molar-refractivity contribution in [3.8, 4) is 0 Å². The Labute approximate surface area is 95.9 Å². The second kappa shape index (κ2) is 5.39. The zero-order valence-electron chi connectivity index (χ0n) is 9.84. The van der Waals surface area contributed by atoms with Gasteiger partial charge in [-0.3, -0.25) is 0 Å². The van der Waals surface area contributed by atoms with Crippen LogP contribution in [0, 0.1) is 5.92 Å². The van der Waals surface area contributed by atoms with Gasteiger partial charge in [-0.25, -0.2) is 0 Å². The van der Waals surface area contributed by atoms with Crippen LogP contribution in [0.1, 0.15) is 44.3 Å². The van der Waals surface area contributed by atoms with Gasteiger partial charge in [0.2, 0.25) is 0 Å². The number of aliphatic hydroxyl groups excluding tert-OH is 1. The molecule has 1 aliphatic carbocycles. The fourth-order valence-electron chi connectivity index (χ4n) is 2.44. The molecule has 5 heteroatoms. The van der Waals surface area contributed by atoms with Crippen molar-refractivity contribution in [3.05, 3.63) is 5.82 Å². The molecular formula is C11H20N4O. The number of aromatic nitrogens is 4. The SMILES string of the molecule is Cn1nnc(CC(O)CCC2CCCC2)n1. The highest BCUT2D eigenvalue weighted by atomic mass is 16.3. The number of hydrogen-bond acceptors (Lipinski definition) is 4. The molecule has 1 aromatic rings. The van der Waals surface area contributed by atoms with E-state index in [4.69, 9.17) is 0 Å². The predicted octanol–water partition coefficient (Wildman–Crippen LogP) is 1.08. The van der Waals surface area contributed by atoms with Crippen LogP contribution in [0.15, 0.2) is 0 Å². The minimum absolute atomic E-state index is 0.315. The lowest BCUT2D eigenvalue weighted by atomic mass is 9.98. The molecule has 1 saturated carbocycles. The van der Waals surface area contributed by atoms with Gasteiger partial charge in [0.25, 0.3) is 0 Å². The van der Waals surface area contributed by atoms with Crippen molar-refractivity contribution in [1.82, 2.24) is 20.2 Å². The van der Waals surface area contributed by atoms with Crippen LogP contribution >= 0.6 is 0 Å². The lowest BCUT2D eigenvalue weighted by Gasteiger charge is -2.12. The molecule has 0 saturated heterocycles. The van der Waals surface area contributed by atoms with Gasteiger partial charge < -0.3 is 5.11 Å². The molecule has 1 aliphatic rings. The first-order chi connectivity index (χ1) is 7.74. The Kier molecular flexibility index (Phi) is 3.88. The van der Waals surface area contributed by atoms with Crippen molar-refractivity contribution in [1.29, 1.82) is 0 Å². The molecular weight excluding hydrogens is 204 g/mol. The van der Waals surface area contributed by atoms with Crippen LogP contribution in [0.25, 0.3) is 0 Å². The lowest BCUT2D eigenvalue weighted by Crippen LogP contribution is -2.13. The van der Waals surface area contributed by atoms with E-state index in [0.29, 0.717) is 12.2 Å². The minimum Gasteiger partial charge on any atom is -0.393 e. The first-order valence-electron chi connectivity index (χ1n) is 6.15. The minimum atomic E-state index is -0.315. The normalized spacial score (nSPS) is 19.1. The van der Waals surface area contributed by atoms with Gasteiger partial charge in [-0.2, -0.15) is 4.80 Å². The van der Waals surface area contributed by atoms with Crippen molar-refractivity contribution >= 4 is 0 Å².